The molecular weight excluding hydrogens is 272 g/mol. The van der Waals surface area contributed by atoms with Crippen LogP contribution in [0, 0.1) is 0 Å². The van der Waals surface area contributed by atoms with Gasteiger partial charge >= 0.3 is 0 Å². The average Bonchev–Trinajstić information content (AvgIpc) is 2.28. The van der Waals surface area contributed by atoms with Gasteiger partial charge in [0.15, 0.2) is 5.78 Å². The Morgan fingerprint density at radius 2 is 2.25 bits per heavy atom. The van der Waals surface area contributed by atoms with Gasteiger partial charge in [-0.2, -0.15) is 0 Å². The first-order valence-electron chi connectivity index (χ1n) is 4.83. The van der Waals surface area contributed by atoms with Crippen LogP contribution in [0.5, 0.6) is 11.5 Å². The molecule has 16 heavy (non-hydrogen) atoms. The van der Waals surface area contributed by atoms with Gasteiger partial charge in [0, 0.05) is 11.1 Å². The van der Waals surface area contributed by atoms with Gasteiger partial charge in [0.05, 0.1) is 11.6 Å². The van der Waals surface area contributed by atoms with Crippen LogP contribution in [0.4, 0.5) is 0 Å². The molecular formula is C12H11BrO3. The minimum absolute atomic E-state index is 0.0320. The topological polar surface area (TPSA) is 35.5 Å². The van der Waals surface area contributed by atoms with Gasteiger partial charge in [-0.1, -0.05) is 0 Å². The molecule has 1 aliphatic rings. The van der Waals surface area contributed by atoms with Crippen molar-refractivity contribution in [1.29, 1.82) is 0 Å². The molecule has 84 valence electrons. The molecule has 4 heteroatoms. The Labute approximate surface area is 102 Å². The molecule has 1 aromatic rings. The minimum atomic E-state index is 0.0320. The molecule has 0 atom stereocenters. The van der Waals surface area contributed by atoms with E-state index in [4.69, 9.17) is 9.47 Å². The number of ether oxygens (including phenoxy) is 2. The van der Waals surface area contributed by atoms with Gasteiger partial charge in [-0.05, 0) is 41.1 Å². The predicted molar refractivity (Wildman–Crippen MR) is 64.8 cm³/mol. The summed E-state index contributed by atoms with van der Waals surface area (Å²) < 4.78 is 11.5. The molecule has 0 unspecified atom stereocenters. The molecule has 0 spiro atoms. The van der Waals surface area contributed by atoms with Crippen molar-refractivity contribution < 1.29 is 14.3 Å². The molecule has 1 heterocycles. The number of fused-ring (bicyclic) bond motifs is 1. The number of carbonyl (C=O) groups is 1. The lowest BCUT2D eigenvalue weighted by Gasteiger charge is -2.18. The van der Waals surface area contributed by atoms with Gasteiger partial charge in [-0.15, -0.1) is 0 Å². The number of hydrogen-bond donors (Lipinski definition) is 0. The third kappa shape index (κ3) is 1.97. The summed E-state index contributed by atoms with van der Waals surface area (Å²) >= 11 is 3.41. The lowest BCUT2D eigenvalue weighted by Crippen LogP contribution is -2.12. The summed E-state index contributed by atoms with van der Waals surface area (Å²) in [5.41, 5.74) is 1.54. The number of ketones is 1. The number of rotatable bonds is 2. The van der Waals surface area contributed by atoms with Crippen LogP contribution in [0.1, 0.15) is 12.5 Å². The fraction of sp³-hybridized carbons (Fsp3) is 0.250. The van der Waals surface area contributed by atoms with Crippen molar-refractivity contribution in [2.45, 2.75) is 6.92 Å². The SMILES string of the molecule is COc1cc(Br)c2c(c1)C=C(C(C)=O)CO2. The fourth-order valence-corrected chi connectivity index (χ4v) is 2.12. The van der Waals surface area contributed by atoms with Crippen molar-refractivity contribution >= 4 is 27.8 Å². The van der Waals surface area contributed by atoms with E-state index in [9.17, 15) is 4.79 Å². The second kappa shape index (κ2) is 4.29. The molecule has 0 saturated heterocycles. The fourth-order valence-electron chi connectivity index (χ4n) is 1.55. The number of methoxy groups -OCH3 is 1. The highest BCUT2D eigenvalue weighted by atomic mass is 79.9. The highest BCUT2D eigenvalue weighted by molar-refractivity contribution is 9.10. The summed E-state index contributed by atoms with van der Waals surface area (Å²) in [6.07, 6.45) is 1.84. The van der Waals surface area contributed by atoms with Gasteiger partial charge in [0.2, 0.25) is 0 Å². The summed E-state index contributed by atoms with van der Waals surface area (Å²) in [6, 6.07) is 3.69. The maximum atomic E-state index is 11.3. The first-order chi connectivity index (χ1) is 7.61. The summed E-state index contributed by atoms with van der Waals surface area (Å²) in [4.78, 5) is 11.3. The second-order valence-corrected chi connectivity index (χ2v) is 4.40. The van der Waals surface area contributed by atoms with Gasteiger partial charge in [-0.25, -0.2) is 0 Å². The Balaban J connectivity index is 2.52. The van der Waals surface area contributed by atoms with Crippen LogP contribution >= 0.6 is 15.9 Å². The third-order valence-corrected chi connectivity index (χ3v) is 3.02. The second-order valence-electron chi connectivity index (χ2n) is 3.54. The van der Waals surface area contributed by atoms with Crippen LogP contribution in [0.15, 0.2) is 22.2 Å². The van der Waals surface area contributed by atoms with Crippen molar-refractivity contribution in [3.63, 3.8) is 0 Å². The van der Waals surface area contributed by atoms with E-state index >= 15 is 0 Å². The van der Waals surface area contributed by atoms with E-state index in [1.54, 1.807) is 7.11 Å². The number of halogens is 1. The van der Waals surface area contributed by atoms with Gasteiger partial charge in [0.25, 0.3) is 0 Å². The monoisotopic (exact) mass is 282 g/mol. The lowest BCUT2D eigenvalue weighted by molar-refractivity contribution is -0.113. The molecule has 3 nitrogen and oxygen atoms in total. The predicted octanol–water partition coefficient (Wildman–Crippen LogP) is 2.82. The zero-order chi connectivity index (χ0) is 11.7. The quantitative estimate of drug-likeness (QED) is 0.837. The largest absolute Gasteiger partial charge is 0.497 e. The molecule has 0 aliphatic carbocycles. The zero-order valence-electron chi connectivity index (χ0n) is 9.04. The zero-order valence-corrected chi connectivity index (χ0v) is 10.6. The maximum absolute atomic E-state index is 11.3. The normalized spacial score (nSPS) is 13.6. The minimum Gasteiger partial charge on any atom is -0.497 e. The summed E-state index contributed by atoms with van der Waals surface area (Å²) in [7, 11) is 1.60. The molecule has 0 aromatic heterocycles. The number of Topliss-reactive ketones (excluding diaryl/α,β-unsaturated/α-hetero) is 1. The maximum Gasteiger partial charge on any atom is 0.159 e. The molecule has 2 rings (SSSR count). The highest BCUT2D eigenvalue weighted by Crippen LogP contribution is 2.37. The summed E-state index contributed by atoms with van der Waals surface area (Å²) in [5.74, 6) is 1.52. The molecule has 1 aliphatic heterocycles. The van der Waals surface area contributed by atoms with E-state index in [1.165, 1.54) is 6.92 Å². The Morgan fingerprint density at radius 1 is 1.50 bits per heavy atom. The Morgan fingerprint density at radius 3 is 2.88 bits per heavy atom. The van der Waals surface area contributed by atoms with Crippen LogP contribution in [-0.2, 0) is 4.79 Å². The average molecular weight is 283 g/mol. The summed E-state index contributed by atoms with van der Waals surface area (Å²) in [5, 5.41) is 0. The molecule has 0 radical (unpaired) electrons. The van der Waals surface area contributed by atoms with Crippen molar-refractivity contribution in [2.24, 2.45) is 0 Å². The standard InChI is InChI=1S/C12H11BrO3/c1-7(14)9-3-8-4-10(15-2)5-11(13)12(8)16-6-9/h3-5H,6H2,1-2H3. The van der Waals surface area contributed by atoms with Crippen molar-refractivity contribution in [2.75, 3.05) is 13.7 Å². The first-order valence-corrected chi connectivity index (χ1v) is 5.63. The molecule has 0 fully saturated rings. The van der Waals surface area contributed by atoms with Gasteiger partial charge < -0.3 is 9.47 Å². The Kier molecular flexibility index (Phi) is 3.01. The van der Waals surface area contributed by atoms with E-state index in [-0.39, 0.29) is 5.78 Å². The van der Waals surface area contributed by atoms with Crippen LogP contribution in [0.25, 0.3) is 6.08 Å². The molecule has 0 bridgehead atoms. The molecule has 1 aromatic carbocycles. The van der Waals surface area contributed by atoms with Crippen molar-refractivity contribution in [3.05, 3.63) is 27.7 Å². The van der Waals surface area contributed by atoms with E-state index in [1.807, 2.05) is 18.2 Å². The summed E-state index contributed by atoms with van der Waals surface area (Å²) in [6.45, 7) is 1.86. The van der Waals surface area contributed by atoms with Crippen LogP contribution in [0.2, 0.25) is 0 Å². The van der Waals surface area contributed by atoms with E-state index in [0.29, 0.717) is 12.2 Å². The Hall–Kier alpha value is -1.29. The molecule has 0 amide bonds. The number of benzene rings is 1. The van der Waals surface area contributed by atoms with Gasteiger partial charge in [0.1, 0.15) is 18.1 Å². The number of hydrogen-bond acceptors (Lipinski definition) is 3. The van der Waals surface area contributed by atoms with E-state index in [2.05, 4.69) is 15.9 Å². The first kappa shape index (κ1) is 11.2. The van der Waals surface area contributed by atoms with Crippen LogP contribution < -0.4 is 9.47 Å². The Bertz CT molecular complexity index is 477. The molecule has 0 saturated carbocycles. The van der Waals surface area contributed by atoms with Crippen LogP contribution in [0.3, 0.4) is 0 Å². The third-order valence-electron chi connectivity index (χ3n) is 2.44. The van der Waals surface area contributed by atoms with Crippen LogP contribution in [-0.4, -0.2) is 19.5 Å². The smallest absolute Gasteiger partial charge is 0.159 e. The molecule has 0 N–H and O–H groups in total. The van der Waals surface area contributed by atoms with Crippen molar-refractivity contribution in [3.8, 4) is 11.5 Å². The number of carbonyl (C=O) groups excluding carboxylic acids is 1. The lowest BCUT2D eigenvalue weighted by atomic mass is 10.0. The van der Waals surface area contributed by atoms with Crippen molar-refractivity contribution in [1.82, 2.24) is 0 Å². The van der Waals surface area contributed by atoms with Gasteiger partial charge in [-0.3, -0.25) is 4.79 Å². The van der Waals surface area contributed by atoms with E-state index < -0.39 is 0 Å². The highest BCUT2D eigenvalue weighted by Gasteiger charge is 2.17. The van der Waals surface area contributed by atoms with E-state index in [0.717, 1.165) is 21.5 Å².